The molecule has 3 aromatic carbocycles. The lowest BCUT2D eigenvalue weighted by Gasteiger charge is -2.13. The summed E-state index contributed by atoms with van der Waals surface area (Å²) in [5.74, 6) is 1.30. The Kier molecular flexibility index (Phi) is 7.88. The molecule has 160 valence electrons. The Morgan fingerprint density at radius 3 is 2.48 bits per heavy atom. The molecule has 3 aromatic rings. The predicted molar refractivity (Wildman–Crippen MR) is 122 cm³/mol. The van der Waals surface area contributed by atoms with Crippen LogP contribution in [0.1, 0.15) is 12.5 Å². The van der Waals surface area contributed by atoms with Gasteiger partial charge >= 0.3 is 0 Å². The molecule has 0 spiro atoms. The van der Waals surface area contributed by atoms with E-state index in [9.17, 15) is 4.79 Å². The molecular weight excluding hydrogens is 394 g/mol. The van der Waals surface area contributed by atoms with Gasteiger partial charge in [-0.25, -0.2) is 0 Å². The molecule has 0 unspecified atom stereocenters. The Morgan fingerprint density at radius 2 is 1.71 bits per heavy atom. The third kappa shape index (κ3) is 6.50. The van der Waals surface area contributed by atoms with Crippen molar-refractivity contribution in [2.24, 2.45) is 5.10 Å². The molecule has 0 saturated carbocycles. The van der Waals surface area contributed by atoms with E-state index in [2.05, 4.69) is 15.8 Å². The van der Waals surface area contributed by atoms with Crippen molar-refractivity contribution in [3.63, 3.8) is 0 Å². The average Bonchev–Trinajstić information content (AvgIpc) is 2.80. The molecule has 0 aliphatic carbocycles. The van der Waals surface area contributed by atoms with Crippen molar-refractivity contribution in [1.29, 1.82) is 0 Å². The van der Waals surface area contributed by atoms with Crippen LogP contribution in [0.15, 0.2) is 77.9 Å². The third-order valence-corrected chi connectivity index (χ3v) is 4.19. The fraction of sp³-hybridized carbons (Fsp3) is 0.167. The van der Waals surface area contributed by atoms with Crippen molar-refractivity contribution in [1.82, 2.24) is 0 Å². The smallest absolute Gasteiger partial charge is 0.262 e. The number of benzene rings is 3. The van der Waals surface area contributed by atoms with E-state index < -0.39 is 0 Å². The largest absolute Gasteiger partial charge is 0.495 e. The highest BCUT2D eigenvalue weighted by atomic mass is 16.5. The minimum absolute atomic E-state index is 0.166. The van der Waals surface area contributed by atoms with Crippen LogP contribution in [0.5, 0.6) is 17.2 Å². The summed E-state index contributed by atoms with van der Waals surface area (Å²) in [5.41, 5.74) is 5.27. The van der Waals surface area contributed by atoms with Crippen LogP contribution in [-0.4, -0.2) is 32.4 Å². The number of hydrogen-bond donors (Lipinski definition) is 2. The molecular formula is C24H25N3O4. The summed E-state index contributed by atoms with van der Waals surface area (Å²) in [6.07, 6.45) is 1.69. The zero-order valence-corrected chi connectivity index (χ0v) is 17.5. The lowest BCUT2D eigenvalue weighted by atomic mass is 10.2. The van der Waals surface area contributed by atoms with Crippen molar-refractivity contribution in [3.05, 3.63) is 78.4 Å². The summed E-state index contributed by atoms with van der Waals surface area (Å²) < 4.78 is 16.6. The van der Waals surface area contributed by atoms with Crippen LogP contribution in [0, 0.1) is 0 Å². The van der Waals surface area contributed by atoms with Crippen LogP contribution in [0.4, 0.5) is 11.4 Å². The Labute approximate surface area is 181 Å². The first-order valence-corrected chi connectivity index (χ1v) is 9.86. The first kappa shape index (κ1) is 21.7. The molecule has 0 saturated heterocycles. The van der Waals surface area contributed by atoms with Gasteiger partial charge in [-0.2, -0.15) is 5.10 Å². The Morgan fingerprint density at radius 1 is 0.935 bits per heavy atom. The quantitative estimate of drug-likeness (QED) is 0.372. The number of nitrogens with one attached hydrogen (secondary N) is 2. The van der Waals surface area contributed by atoms with Gasteiger partial charge in [0.05, 0.1) is 31.3 Å². The number of ether oxygens (including phenoxy) is 3. The number of hydrazone groups is 1. The van der Waals surface area contributed by atoms with Crippen LogP contribution in [0.25, 0.3) is 0 Å². The third-order valence-electron chi connectivity index (χ3n) is 4.19. The SMILES string of the molecule is CCOc1cc(C=NNc2ccccc2)ccc1OCC(=O)Nc1ccccc1OC. The van der Waals surface area contributed by atoms with E-state index in [1.807, 2.05) is 61.5 Å². The number of methoxy groups -OCH3 is 1. The second-order valence-corrected chi connectivity index (χ2v) is 6.41. The molecule has 3 rings (SSSR count). The molecule has 7 heteroatoms. The molecule has 0 radical (unpaired) electrons. The second kappa shape index (κ2) is 11.3. The number of rotatable bonds is 10. The summed E-state index contributed by atoms with van der Waals surface area (Å²) in [6.45, 7) is 2.18. The zero-order valence-electron chi connectivity index (χ0n) is 17.5. The van der Waals surface area contributed by atoms with E-state index >= 15 is 0 Å². The molecule has 0 aliphatic rings. The molecule has 2 N–H and O–H groups in total. The minimum Gasteiger partial charge on any atom is -0.495 e. The standard InChI is InChI=1S/C24H25N3O4/c1-3-30-23-15-18(16-25-27-19-9-5-4-6-10-19)13-14-22(23)31-17-24(28)26-20-11-7-8-12-21(20)29-2/h4-16,27H,3,17H2,1-2H3,(H,26,28). The molecule has 31 heavy (non-hydrogen) atoms. The van der Waals surface area contributed by atoms with E-state index in [-0.39, 0.29) is 12.5 Å². The minimum atomic E-state index is -0.301. The van der Waals surface area contributed by atoms with Gasteiger partial charge in [0.2, 0.25) is 0 Å². The molecule has 0 bridgehead atoms. The summed E-state index contributed by atoms with van der Waals surface area (Å²) in [7, 11) is 1.55. The molecule has 1 amide bonds. The summed E-state index contributed by atoms with van der Waals surface area (Å²) in [4.78, 5) is 12.3. The van der Waals surface area contributed by atoms with Gasteiger partial charge in [-0.15, -0.1) is 0 Å². The highest BCUT2D eigenvalue weighted by Crippen LogP contribution is 2.28. The Balaban J connectivity index is 1.62. The van der Waals surface area contributed by atoms with E-state index in [0.717, 1.165) is 11.3 Å². The van der Waals surface area contributed by atoms with Crippen LogP contribution < -0.4 is 25.0 Å². The molecule has 0 heterocycles. The van der Waals surface area contributed by atoms with Gasteiger partial charge in [0.15, 0.2) is 18.1 Å². The summed E-state index contributed by atoms with van der Waals surface area (Å²) in [5, 5.41) is 7.01. The lowest BCUT2D eigenvalue weighted by molar-refractivity contribution is -0.118. The van der Waals surface area contributed by atoms with Gasteiger partial charge < -0.3 is 19.5 Å². The van der Waals surface area contributed by atoms with Gasteiger partial charge in [-0.1, -0.05) is 30.3 Å². The Bertz CT molecular complexity index is 1020. The van der Waals surface area contributed by atoms with Crippen molar-refractivity contribution >= 4 is 23.5 Å². The van der Waals surface area contributed by atoms with Crippen molar-refractivity contribution in [2.75, 3.05) is 31.1 Å². The van der Waals surface area contributed by atoms with Crippen molar-refractivity contribution in [3.8, 4) is 17.2 Å². The number of anilines is 2. The first-order valence-electron chi connectivity index (χ1n) is 9.86. The first-order chi connectivity index (χ1) is 15.2. The lowest BCUT2D eigenvalue weighted by Crippen LogP contribution is -2.20. The number of hydrogen-bond acceptors (Lipinski definition) is 6. The van der Waals surface area contributed by atoms with Crippen molar-refractivity contribution in [2.45, 2.75) is 6.92 Å². The number of amides is 1. The predicted octanol–water partition coefficient (Wildman–Crippen LogP) is 4.56. The number of nitrogens with zero attached hydrogens (tertiary/aromatic N) is 1. The van der Waals surface area contributed by atoms with Gasteiger partial charge in [-0.3, -0.25) is 10.2 Å². The van der Waals surface area contributed by atoms with E-state index in [1.54, 1.807) is 31.5 Å². The van der Waals surface area contributed by atoms with E-state index in [0.29, 0.717) is 29.5 Å². The van der Waals surface area contributed by atoms with Crippen LogP contribution in [0.3, 0.4) is 0 Å². The van der Waals surface area contributed by atoms with E-state index in [4.69, 9.17) is 14.2 Å². The maximum absolute atomic E-state index is 12.3. The summed E-state index contributed by atoms with van der Waals surface area (Å²) >= 11 is 0. The topological polar surface area (TPSA) is 81.2 Å². The monoisotopic (exact) mass is 419 g/mol. The maximum Gasteiger partial charge on any atom is 0.262 e. The number of para-hydroxylation sites is 3. The van der Waals surface area contributed by atoms with Gasteiger partial charge in [-0.05, 0) is 55.0 Å². The normalized spacial score (nSPS) is 10.5. The Hall–Kier alpha value is -4.00. The van der Waals surface area contributed by atoms with Gasteiger partial charge in [0.1, 0.15) is 5.75 Å². The van der Waals surface area contributed by atoms with Crippen LogP contribution in [-0.2, 0) is 4.79 Å². The number of carbonyl (C=O) groups is 1. The highest BCUT2D eigenvalue weighted by Gasteiger charge is 2.11. The molecule has 0 aromatic heterocycles. The van der Waals surface area contributed by atoms with Gasteiger partial charge in [0, 0.05) is 0 Å². The molecule has 0 atom stereocenters. The molecule has 0 fully saturated rings. The average molecular weight is 419 g/mol. The van der Waals surface area contributed by atoms with Crippen molar-refractivity contribution < 1.29 is 19.0 Å². The van der Waals surface area contributed by atoms with Crippen LogP contribution in [0.2, 0.25) is 0 Å². The number of carbonyl (C=O) groups excluding carboxylic acids is 1. The molecule has 7 nitrogen and oxygen atoms in total. The maximum atomic E-state index is 12.3. The second-order valence-electron chi connectivity index (χ2n) is 6.41. The molecule has 0 aliphatic heterocycles. The summed E-state index contributed by atoms with van der Waals surface area (Å²) in [6, 6.07) is 22.3. The van der Waals surface area contributed by atoms with Gasteiger partial charge in [0.25, 0.3) is 5.91 Å². The van der Waals surface area contributed by atoms with Crippen LogP contribution >= 0.6 is 0 Å². The zero-order chi connectivity index (χ0) is 21.9. The fourth-order valence-corrected chi connectivity index (χ4v) is 2.76. The van der Waals surface area contributed by atoms with E-state index in [1.165, 1.54) is 0 Å². The highest BCUT2D eigenvalue weighted by molar-refractivity contribution is 5.93. The fourth-order valence-electron chi connectivity index (χ4n) is 2.76.